The summed E-state index contributed by atoms with van der Waals surface area (Å²) in [5.41, 5.74) is 5.91. The summed E-state index contributed by atoms with van der Waals surface area (Å²) in [6.45, 7) is 9.46. The van der Waals surface area contributed by atoms with E-state index in [0.717, 1.165) is 34.0 Å². The molecule has 1 N–H and O–H groups in total. The second-order valence-electron chi connectivity index (χ2n) is 8.82. The molecule has 4 aromatic rings. The van der Waals surface area contributed by atoms with E-state index in [2.05, 4.69) is 15.4 Å². The summed E-state index contributed by atoms with van der Waals surface area (Å²) in [6.07, 6.45) is 1.60. The Morgan fingerprint density at radius 3 is 2.54 bits per heavy atom. The number of halogens is 1. The molecule has 0 spiro atoms. The lowest BCUT2D eigenvalue weighted by Crippen LogP contribution is -2.26. The first-order valence-corrected chi connectivity index (χ1v) is 12.7. The van der Waals surface area contributed by atoms with Crippen molar-refractivity contribution in [3.63, 3.8) is 0 Å². The predicted octanol–water partition coefficient (Wildman–Crippen LogP) is 5.24. The van der Waals surface area contributed by atoms with E-state index in [1.807, 2.05) is 58.0 Å². The predicted molar refractivity (Wildman–Crippen MR) is 142 cm³/mol. The van der Waals surface area contributed by atoms with Crippen LogP contribution in [0.3, 0.4) is 0 Å². The van der Waals surface area contributed by atoms with Gasteiger partial charge in [0, 0.05) is 36.0 Å². The molecular formula is C29H33FN4O3. The number of aryl methyl sites for hydroxylation is 2. The molecule has 2 heterocycles. The number of hydrogen-bond acceptors (Lipinski definition) is 5. The van der Waals surface area contributed by atoms with Gasteiger partial charge in [0.15, 0.2) is 17.1 Å². The summed E-state index contributed by atoms with van der Waals surface area (Å²) in [6, 6.07) is 14.1. The Morgan fingerprint density at radius 2 is 1.78 bits per heavy atom. The van der Waals surface area contributed by atoms with Crippen LogP contribution >= 0.6 is 0 Å². The molecule has 2 aromatic heterocycles. The summed E-state index contributed by atoms with van der Waals surface area (Å²) in [4.78, 5) is 17.3. The second-order valence-corrected chi connectivity index (χ2v) is 8.82. The van der Waals surface area contributed by atoms with Crippen molar-refractivity contribution in [2.45, 2.75) is 47.0 Å². The molecule has 37 heavy (non-hydrogen) atoms. The van der Waals surface area contributed by atoms with Gasteiger partial charge in [-0.2, -0.15) is 5.10 Å². The Balaban J connectivity index is 1.37. The Bertz CT molecular complexity index is 1400. The fraction of sp³-hybridized carbons (Fsp3) is 0.345. The number of hydrogen-bond donors (Lipinski definition) is 1. The molecule has 1 amide bonds. The maximum atomic E-state index is 13.7. The van der Waals surface area contributed by atoms with Gasteiger partial charge in [0.05, 0.1) is 18.9 Å². The lowest BCUT2D eigenvalue weighted by atomic mass is 10.1. The Morgan fingerprint density at radius 1 is 1.00 bits per heavy atom. The first-order valence-electron chi connectivity index (χ1n) is 12.7. The number of ether oxygens (including phenoxy) is 2. The molecule has 4 rings (SSSR count). The van der Waals surface area contributed by atoms with Crippen molar-refractivity contribution in [3.8, 4) is 22.8 Å². The molecule has 0 fully saturated rings. The van der Waals surface area contributed by atoms with E-state index in [1.54, 1.807) is 10.6 Å². The first-order chi connectivity index (χ1) is 17.9. The fourth-order valence-corrected chi connectivity index (χ4v) is 4.40. The van der Waals surface area contributed by atoms with Gasteiger partial charge in [-0.3, -0.25) is 4.79 Å². The van der Waals surface area contributed by atoms with Crippen molar-refractivity contribution in [1.29, 1.82) is 0 Å². The molecule has 0 saturated carbocycles. The van der Waals surface area contributed by atoms with Gasteiger partial charge in [0.1, 0.15) is 5.82 Å². The standard InChI is InChI=1S/C29H33FN4O3/c1-5-36-26-12-10-21(16-27(26)37-6-2)14-15-31-29(35)13-11-24-19(3)32-28-18-25(33-34(28)20(24)4)22-8-7-9-23(30)17-22/h7-10,12,16-18H,5-6,11,13-15H2,1-4H3,(H,31,35). The molecule has 0 unspecified atom stereocenters. The molecule has 8 heteroatoms. The lowest BCUT2D eigenvalue weighted by Gasteiger charge is -2.13. The lowest BCUT2D eigenvalue weighted by molar-refractivity contribution is -0.121. The monoisotopic (exact) mass is 504 g/mol. The molecule has 7 nitrogen and oxygen atoms in total. The highest BCUT2D eigenvalue weighted by atomic mass is 19.1. The zero-order chi connectivity index (χ0) is 26.4. The average Bonchev–Trinajstić information content (AvgIpc) is 3.30. The average molecular weight is 505 g/mol. The van der Waals surface area contributed by atoms with E-state index in [-0.39, 0.29) is 11.7 Å². The summed E-state index contributed by atoms with van der Waals surface area (Å²) in [5.74, 6) is 1.13. The van der Waals surface area contributed by atoms with Crippen LogP contribution in [0.5, 0.6) is 11.5 Å². The van der Waals surface area contributed by atoms with Crippen molar-refractivity contribution in [2.24, 2.45) is 0 Å². The molecule has 2 aromatic carbocycles. The van der Waals surface area contributed by atoms with Crippen LogP contribution in [0.4, 0.5) is 4.39 Å². The van der Waals surface area contributed by atoms with Crippen LogP contribution in [0.1, 0.15) is 42.8 Å². The van der Waals surface area contributed by atoms with Crippen LogP contribution in [0.2, 0.25) is 0 Å². The minimum Gasteiger partial charge on any atom is -0.490 e. The smallest absolute Gasteiger partial charge is 0.220 e. The Hall–Kier alpha value is -3.94. The number of carbonyl (C=O) groups is 1. The Labute approximate surface area is 216 Å². The summed E-state index contributed by atoms with van der Waals surface area (Å²) < 4.78 is 26.7. The van der Waals surface area contributed by atoms with Crippen LogP contribution in [0, 0.1) is 19.7 Å². The highest BCUT2D eigenvalue weighted by molar-refractivity contribution is 5.76. The molecule has 194 valence electrons. The van der Waals surface area contributed by atoms with E-state index in [9.17, 15) is 9.18 Å². The summed E-state index contributed by atoms with van der Waals surface area (Å²) >= 11 is 0. The molecule has 0 atom stereocenters. The van der Waals surface area contributed by atoms with Gasteiger partial charge in [-0.05, 0) is 75.9 Å². The topological polar surface area (TPSA) is 77.8 Å². The molecule has 0 aliphatic carbocycles. The van der Waals surface area contributed by atoms with E-state index in [1.165, 1.54) is 12.1 Å². The number of amides is 1. The van der Waals surface area contributed by atoms with Crippen molar-refractivity contribution < 1.29 is 18.7 Å². The van der Waals surface area contributed by atoms with Crippen molar-refractivity contribution in [1.82, 2.24) is 19.9 Å². The zero-order valence-corrected chi connectivity index (χ0v) is 21.8. The minimum absolute atomic E-state index is 0.0178. The van der Waals surface area contributed by atoms with Gasteiger partial charge in [0.2, 0.25) is 5.91 Å². The highest BCUT2D eigenvalue weighted by Crippen LogP contribution is 2.28. The van der Waals surface area contributed by atoms with Gasteiger partial charge < -0.3 is 14.8 Å². The summed E-state index contributed by atoms with van der Waals surface area (Å²) in [7, 11) is 0. The van der Waals surface area contributed by atoms with Gasteiger partial charge in [-0.1, -0.05) is 18.2 Å². The van der Waals surface area contributed by atoms with Crippen LogP contribution in [-0.4, -0.2) is 40.3 Å². The van der Waals surface area contributed by atoms with Crippen LogP contribution in [0.25, 0.3) is 16.9 Å². The van der Waals surface area contributed by atoms with Crippen molar-refractivity contribution >= 4 is 11.6 Å². The molecular weight excluding hydrogens is 471 g/mol. The minimum atomic E-state index is -0.306. The molecule has 0 radical (unpaired) electrons. The Kier molecular flexibility index (Phi) is 8.38. The number of nitrogens with one attached hydrogen (secondary N) is 1. The van der Waals surface area contributed by atoms with Gasteiger partial charge in [-0.15, -0.1) is 0 Å². The van der Waals surface area contributed by atoms with E-state index < -0.39 is 0 Å². The molecule has 0 aliphatic heterocycles. The van der Waals surface area contributed by atoms with E-state index >= 15 is 0 Å². The maximum absolute atomic E-state index is 13.7. The number of aromatic nitrogens is 3. The zero-order valence-electron chi connectivity index (χ0n) is 21.8. The number of rotatable bonds is 11. The van der Waals surface area contributed by atoms with E-state index in [4.69, 9.17) is 9.47 Å². The van der Waals surface area contributed by atoms with Gasteiger partial charge in [0.25, 0.3) is 0 Å². The number of carbonyl (C=O) groups excluding carboxylic acids is 1. The van der Waals surface area contributed by atoms with Gasteiger partial charge in [-0.25, -0.2) is 13.9 Å². The van der Waals surface area contributed by atoms with Crippen LogP contribution in [0.15, 0.2) is 48.5 Å². The van der Waals surface area contributed by atoms with Crippen molar-refractivity contribution in [2.75, 3.05) is 19.8 Å². The molecule has 0 bridgehead atoms. The number of benzene rings is 2. The third-order valence-electron chi connectivity index (χ3n) is 6.23. The number of nitrogens with zero attached hydrogens (tertiary/aromatic N) is 3. The van der Waals surface area contributed by atoms with Gasteiger partial charge >= 0.3 is 0 Å². The first kappa shape index (κ1) is 26.1. The van der Waals surface area contributed by atoms with Crippen molar-refractivity contribution in [3.05, 3.63) is 76.9 Å². The third kappa shape index (κ3) is 6.25. The number of fused-ring (bicyclic) bond motifs is 1. The largest absolute Gasteiger partial charge is 0.490 e. The molecule has 0 aliphatic rings. The third-order valence-corrected chi connectivity index (χ3v) is 6.23. The highest BCUT2D eigenvalue weighted by Gasteiger charge is 2.15. The quantitative estimate of drug-likeness (QED) is 0.302. The fourth-order valence-electron chi connectivity index (χ4n) is 4.40. The normalized spacial score (nSPS) is 11.1. The maximum Gasteiger partial charge on any atom is 0.220 e. The van der Waals surface area contributed by atoms with Crippen LogP contribution in [-0.2, 0) is 17.6 Å². The van der Waals surface area contributed by atoms with E-state index in [0.29, 0.717) is 55.9 Å². The van der Waals surface area contributed by atoms with Crippen LogP contribution < -0.4 is 14.8 Å². The SMILES string of the molecule is CCOc1ccc(CCNC(=O)CCc2c(C)nc3cc(-c4cccc(F)c4)nn3c2C)cc1OCC. The summed E-state index contributed by atoms with van der Waals surface area (Å²) in [5, 5.41) is 7.65. The molecule has 0 saturated heterocycles. The second kappa shape index (κ2) is 11.9.